The van der Waals surface area contributed by atoms with Gasteiger partial charge in [0.2, 0.25) is 0 Å². The van der Waals surface area contributed by atoms with Gasteiger partial charge in [0.25, 0.3) is 0 Å². The zero-order valence-corrected chi connectivity index (χ0v) is 10.9. The number of rotatable bonds is 3. The first kappa shape index (κ1) is 12.8. The molecule has 0 spiro atoms. The number of carbonyl (C=O) groups excluding carboxylic acids is 1. The minimum absolute atomic E-state index is 0.203. The molecule has 0 saturated carbocycles. The van der Waals surface area contributed by atoms with E-state index >= 15 is 0 Å². The second-order valence-electron chi connectivity index (χ2n) is 4.22. The summed E-state index contributed by atoms with van der Waals surface area (Å²) in [5.74, 6) is 0.450. The SMILES string of the molecule is CCC1OCc2c(COC(C)=O)cnc(C)c2O1. The van der Waals surface area contributed by atoms with Crippen LogP contribution >= 0.6 is 0 Å². The van der Waals surface area contributed by atoms with E-state index in [0.717, 1.165) is 29.0 Å². The molecule has 1 unspecified atom stereocenters. The zero-order valence-electron chi connectivity index (χ0n) is 10.9. The summed E-state index contributed by atoms with van der Waals surface area (Å²) < 4.78 is 16.3. The predicted molar refractivity (Wildman–Crippen MR) is 63.9 cm³/mol. The molecule has 0 amide bonds. The highest BCUT2D eigenvalue weighted by molar-refractivity contribution is 5.66. The third-order valence-electron chi connectivity index (χ3n) is 2.83. The normalized spacial score (nSPS) is 17.8. The van der Waals surface area contributed by atoms with Crippen LogP contribution in [0.5, 0.6) is 5.75 Å². The molecule has 0 saturated heterocycles. The Kier molecular flexibility index (Phi) is 3.81. The molecule has 1 aromatic heterocycles. The van der Waals surface area contributed by atoms with E-state index in [4.69, 9.17) is 14.2 Å². The lowest BCUT2D eigenvalue weighted by Crippen LogP contribution is -2.26. The van der Waals surface area contributed by atoms with Crippen molar-refractivity contribution in [2.24, 2.45) is 0 Å². The Labute approximate surface area is 106 Å². The van der Waals surface area contributed by atoms with Crippen LogP contribution in [-0.4, -0.2) is 17.2 Å². The van der Waals surface area contributed by atoms with E-state index in [-0.39, 0.29) is 18.9 Å². The van der Waals surface area contributed by atoms with Gasteiger partial charge in [0, 0.05) is 30.7 Å². The molecule has 1 aliphatic rings. The van der Waals surface area contributed by atoms with Gasteiger partial charge in [-0.15, -0.1) is 0 Å². The fraction of sp³-hybridized carbons (Fsp3) is 0.538. The minimum atomic E-state index is -0.312. The van der Waals surface area contributed by atoms with Crippen molar-refractivity contribution in [1.82, 2.24) is 4.98 Å². The first-order chi connectivity index (χ1) is 8.61. The number of aryl methyl sites for hydroxylation is 1. The van der Waals surface area contributed by atoms with Crippen molar-refractivity contribution in [1.29, 1.82) is 0 Å². The number of carbonyl (C=O) groups is 1. The Morgan fingerprint density at radius 3 is 3.06 bits per heavy atom. The molecule has 0 aliphatic carbocycles. The molecule has 5 heteroatoms. The van der Waals surface area contributed by atoms with E-state index in [1.165, 1.54) is 6.92 Å². The zero-order chi connectivity index (χ0) is 13.1. The van der Waals surface area contributed by atoms with Gasteiger partial charge in [-0.1, -0.05) is 6.92 Å². The number of fused-ring (bicyclic) bond motifs is 1. The van der Waals surface area contributed by atoms with Gasteiger partial charge >= 0.3 is 5.97 Å². The van der Waals surface area contributed by atoms with Crippen molar-refractivity contribution < 1.29 is 19.0 Å². The standard InChI is InChI=1S/C13H17NO4/c1-4-12-17-7-11-10(6-16-9(3)15)5-14-8(2)13(11)18-12/h5,12H,4,6-7H2,1-3H3. The van der Waals surface area contributed by atoms with Crippen LogP contribution in [0.3, 0.4) is 0 Å². The number of aromatic nitrogens is 1. The Morgan fingerprint density at radius 2 is 2.39 bits per heavy atom. The summed E-state index contributed by atoms with van der Waals surface area (Å²) in [7, 11) is 0. The van der Waals surface area contributed by atoms with E-state index in [1.807, 2.05) is 13.8 Å². The third kappa shape index (κ3) is 2.61. The summed E-state index contributed by atoms with van der Waals surface area (Å²) in [4.78, 5) is 15.1. The average Bonchev–Trinajstić information content (AvgIpc) is 2.37. The summed E-state index contributed by atoms with van der Waals surface area (Å²) in [6.45, 7) is 5.95. The second-order valence-corrected chi connectivity index (χ2v) is 4.22. The van der Waals surface area contributed by atoms with Crippen molar-refractivity contribution >= 4 is 5.97 Å². The van der Waals surface area contributed by atoms with Crippen LogP contribution in [0.4, 0.5) is 0 Å². The van der Waals surface area contributed by atoms with Gasteiger partial charge in [0.15, 0.2) is 6.29 Å². The summed E-state index contributed by atoms with van der Waals surface area (Å²) in [5, 5.41) is 0. The highest BCUT2D eigenvalue weighted by atomic mass is 16.7. The Morgan fingerprint density at radius 1 is 1.61 bits per heavy atom. The van der Waals surface area contributed by atoms with Crippen LogP contribution in [0.15, 0.2) is 6.20 Å². The van der Waals surface area contributed by atoms with E-state index in [1.54, 1.807) is 6.20 Å². The summed E-state index contributed by atoms with van der Waals surface area (Å²) in [6, 6.07) is 0. The van der Waals surface area contributed by atoms with Gasteiger partial charge in [0.1, 0.15) is 12.4 Å². The van der Waals surface area contributed by atoms with Gasteiger partial charge in [-0.25, -0.2) is 0 Å². The molecular weight excluding hydrogens is 234 g/mol. The van der Waals surface area contributed by atoms with Crippen molar-refractivity contribution in [3.05, 3.63) is 23.0 Å². The molecule has 2 rings (SSSR count). The topological polar surface area (TPSA) is 57.7 Å². The number of hydrogen-bond donors (Lipinski definition) is 0. The first-order valence-corrected chi connectivity index (χ1v) is 6.00. The molecule has 0 fully saturated rings. The Bertz CT molecular complexity index is 459. The molecule has 0 aromatic carbocycles. The summed E-state index contributed by atoms with van der Waals surface area (Å²) in [6.07, 6.45) is 2.27. The van der Waals surface area contributed by atoms with Gasteiger partial charge in [-0.3, -0.25) is 9.78 Å². The van der Waals surface area contributed by atoms with Crippen LogP contribution in [0, 0.1) is 6.92 Å². The van der Waals surface area contributed by atoms with Crippen molar-refractivity contribution in [3.63, 3.8) is 0 Å². The quantitative estimate of drug-likeness (QED) is 0.770. The Balaban J connectivity index is 2.26. The van der Waals surface area contributed by atoms with Crippen molar-refractivity contribution in [3.8, 4) is 5.75 Å². The molecule has 1 aromatic rings. The third-order valence-corrected chi connectivity index (χ3v) is 2.83. The number of esters is 1. The van der Waals surface area contributed by atoms with E-state index in [0.29, 0.717) is 6.61 Å². The highest BCUT2D eigenvalue weighted by Gasteiger charge is 2.23. The Hall–Kier alpha value is -1.62. The number of hydrogen-bond acceptors (Lipinski definition) is 5. The summed E-state index contributed by atoms with van der Waals surface area (Å²) >= 11 is 0. The molecule has 1 atom stereocenters. The average molecular weight is 251 g/mol. The first-order valence-electron chi connectivity index (χ1n) is 6.00. The van der Waals surface area contributed by atoms with Crippen molar-refractivity contribution in [2.45, 2.75) is 46.7 Å². The highest BCUT2D eigenvalue weighted by Crippen LogP contribution is 2.32. The largest absolute Gasteiger partial charge is 0.463 e. The smallest absolute Gasteiger partial charge is 0.302 e. The van der Waals surface area contributed by atoms with Crippen LogP contribution in [0.2, 0.25) is 0 Å². The van der Waals surface area contributed by atoms with Crippen LogP contribution in [0.25, 0.3) is 0 Å². The second kappa shape index (κ2) is 5.35. The molecule has 5 nitrogen and oxygen atoms in total. The number of ether oxygens (including phenoxy) is 3. The molecule has 0 radical (unpaired) electrons. The molecule has 98 valence electrons. The lowest BCUT2D eigenvalue weighted by atomic mass is 10.1. The number of nitrogens with zero attached hydrogens (tertiary/aromatic N) is 1. The fourth-order valence-electron chi connectivity index (χ4n) is 1.84. The van der Waals surface area contributed by atoms with Gasteiger partial charge in [0.05, 0.1) is 12.3 Å². The predicted octanol–water partition coefficient (Wildman–Crippen LogP) is 2.10. The molecule has 2 heterocycles. The van der Waals surface area contributed by atoms with E-state index in [2.05, 4.69) is 4.98 Å². The minimum Gasteiger partial charge on any atom is -0.463 e. The molecule has 0 bridgehead atoms. The van der Waals surface area contributed by atoms with Crippen LogP contribution in [0.1, 0.15) is 37.1 Å². The van der Waals surface area contributed by atoms with E-state index < -0.39 is 0 Å². The molecular formula is C13H17NO4. The van der Waals surface area contributed by atoms with Crippen LogP contribution in [-0.2, 0) is 27.5 Å². The maximum atomic E-state index is 10.8. The lowest BCUT2D eigenvalue weighted by Gasteiger charge is -2.27. The fourth-order valence-corrected chi connectivity index (χ4v) is 1.84. The lowest BCUT2D eigenvalue weighted by molar-refractivity contribution is -0.142. The molecule has 0 N–H and O–H groups in total. The van der Waals surface area contributed by atoms with E-state index in [9.17, 15) is 4.79 Å². The maximum Gasteiger partial charge on any atom is 0.302 e. The summed E-state index contributed by atoms with van der Waals surface area (Å²) in [5.41, 5.74) is 2.59. The van der Waals surface area contributed by atoms with Crippen LogP contribution < -0.4 is 4.74 Å². The molecule has 18 heavy (non-hydrogen) atoms. The van der Waals surface area contributed by atoms with Crippen molar-refractivity contribution in [2.75, 3.05) is 0 Å². The molecule has 1 aliphatic heterocycles. The maximum absolute atomic E-state index is 10.8. The van der Waals surface area contributed by atoms with Gasteiger partial charge < -0.3 is 14.2 Å². The van der Waals surface area contributed by atoms with Gasteiger partial charge in [-0.2, -0.15) is 0 Å². The van der Waals surface area contributed by atoms with Gasteiger partial charge in [-0.05, 0) is 6.92 Å². The number of pyridine rings is 1. The monoisotopic (exact) mass is 251 g/mol.